The number of rotatable bonds is 3. The van der Waals surface area contributed by atoms with Gasteiger partial charge in [0.05, 0.1) is 6.10 Å². The molecule has 0 radical (unpaired) electrons. The molecule has 2 aliphatic carbocycles. The zero-order valence-corrected chi connectivity index (χ0v) is 12.8. The minimum absolute atomic E-state index is 0.262. The van der Waals surface area contributed by atoms with Crippen LogP contribution < -0.4 is 0 Å². The van der Waals surface area contributed by atoms with Gasteiger partial charge in [-0.3, -0.25) is 0 Å². The van der Waals surface area contributed by atoms with E-state index in [9.17, 15) is 0 Å². The molecule has 1 nitrogen and oxygen atoms in total. The molecule has 2 aliphatic rings. The second-order valence-corrected chi connectivity index (χ2v) is 6.10. The molecule has 0 saturated heterocycles. The Morgan fingerprint density at radius 1 is 1.35 bits per heavy atom. The van der Waals surface area contributed by atoms with Crippen molar-refractivity contribution in [3.63, 3.8) is 0 Å². The molecule has 0 aromatic heterocycles. The van der Waals surface area contributed by atoms with Crippen LogP contribution >= 0.6 is 0 Å². The largest absolute Gasteiger partial charge is 0.376 e. The van der Waals surface area contributed by atoms with Gasteiger partial charge in [-0.1, -0.05) is 31.7 Å². The van der Waals surface area contributed by atoms with Crippen molar-refractivity contribution < 1.29 is 4.74 Å². The third-order valence-electron chi connectivity index (χ3n) is 4.97. The maximum atomic E-state index is 5.77. The molecule has 0 bridgehead atoms. The Balaban J connectivity index is 2.26. The quantitative estimate of drug-likeness (QED) is 0.725. The minimum atomic E-state index is 0.262. The first-order valence-electron chi connectivity index (χ1n) is 7.70. The first kappa shape index (κ1) is 13.6. The third-order valence-corrected chi connectivity index (χ3v) is 4.97. The van der Waals surface area contributed by atoms with Gasteiger partial charge in [0.1, 0.15) is 0 Å². The zero-order chi connectivity index (χ0) is 14.3. The second-order valence-electron chi connectivity index (χ2n) is 6.10. The number of methoxy groups -OCH3 is 1. The summed E-state index contributed by atoms with van der Waals surface area (Å²) in [6.07, 6.45) is 9.32. The van der Waals surface area contributed by atoms with Crippen molar-refractivity contribution in [1.29, 1.82) is 0 Å². The molecule has 0 aliphatic heterocycles. The fraction of sp³-hybridized carbons (Fsp3) is 0.474. The van der Waals surface area contributed by atoms with Crippen LogP contribution in [0.15, 0.2) is 24.8 Å². The molecule has 0 N–H and O–H groups in total. The number of aryl methyl sites for hydroxylation is 1. The van der Waals surface area contributed by atoms with Crippen LogP contribution in [0.1, 0.15) is 54.2 Å². The molecule has 0 saturated carbocycles. The van der Waals surface area contributed by atoms with E-state index in [-0.39, 0.29) is 6.10 Å². The Bertz CT molecular complexity index is 580. The van der Waals surface area contributed by atoms with Gasteiger partial charge in [0.25, 0.3) is 0 Å². The fourth-order valence-corrected chi connectivity index (χ4v) is 4.09. The van der Waals surface area contributed by atoms with Crippen LogP contribution in [0.4, 0.5) is 0 Å². The van der Waals surface area contributed by atoms with Crippen molar-refractivity contribution in [1.82, 2.24) is 0 Å². The maximum absolute atomic E-state index is 5.77. The molecule has 0 spiro atoms. The number of benzene rings is 1. The van der Waals surface area contributed by atoms with Gasteiger partial charge in [0.15, 0.2) is 0 Å². The Morgan fingerprint density at radius 3 is 2.80 bits per heavy atom. The van der Waals surface area contributed by atoms with Crippen LogP contribution in [-0.4, -0.2) is 7.11 Å². The molecule has 0 heterocycles. The van der Waals surface area contributed by atoms with E-state index < -0.39 is 0 Å². The summed E-state index contributed by atoms with van der Waals surface area (Å²) in [5.74, 6) is 0.569. The van der Waals surface area contributed by atoms with Crippen LogP contribution in [0.2, 0.25) is 0 Å². The average Bonchev–Trinajstić information content (AvgIpc) is 3.02. The number of hydrogen-bond donors (Lipinski definition) is 0. The van der Waals surface area contributed by atoms with Crippen LogP contribution in [0, 0.1) is 5.92 Å². The van der Waals surface area contributed by atoms with Crippen molar-refractivity contribution in [3.8, 4) is 0 Å². The maximum Gasteiger partial charge on any atom is 0.0852 e. The minimum Gasteiger partial charge on any atom is -0.376 e. The van der Waals surface area contributed by atoms with Crippen molar-refractivity contribution >= 4 is 5.57 Å². The number of fused-ring (bicyclic) bond motifs is 2. The van der Waals surface area contributed by atoms with E-state index in [0.717, 1.165) is 6.42 Å². The van der Waals surface area contributed by atoms with E-state index in [2.05, 4.69) is 32.6 Å². The van der Waals surface area contributed by atoms with Crippen molar-refractivity contribution in [2.24, 2.45) is 5.92 Å². The molecule has 1 aromatic carbocycles. The lowest BCUT2D eigenvalue weighted by molar-refractivity contribution is 0.0695. The molecule has 1 heteroatoms. The Labute approximate surface area is 122 Å². The SMILES string of the molecule is C=C/C(=C\C)c1c2c(cc3c1CC(C)C3OC)CCC2. The summed E-state index contributed by atoms with van der Waals surface area (Å²) in [6, 6.07) is 2.43. The monoisotopic (exact) mass is 268 g/mol. The highest BCUT2D eigenvalue weighted by Gasteiger charge is 2.34. The summed E-state index contributed by atoms with van der Waals surface area (Å²) in [5, 5.41) is 0. The van der Waals surface area contributed by atoms with Crippen molar-refractivity contribution in [3.05, 3.63) is 52.6 Å². The first-order chi connectivity index (χ1) is 9.71. The van der Waals surface area contributed by atoms with Crippen LogP contribution in [0.5, 0.6) is 0 Å². The average molecular weight is 268 g/mol. The predicted molar refractivity (Wildman–Crippen MR) is 84.9 cm³/mol. The predicted octanol–water partition coefficient (Wildman–Crippen LogP) is 4.64. The normalized spacial score (nSPS) is 24.6. The molecule has 0 fully saturated rings. The second kappa shape index (κ2) is 5.21. The molecular formula is C19H24O. The topological polar surface area (TPSA) is 9.23 Å². The zero-order valence-electron chi connectivity index (χ0n) is 12.8. The highest BCUT2D eigenvalue weighted by molar-refractivity contribution is 5.80. The summed E-state index contributed by atoms with van der Waals surface area (Å²) in [7, 11) is 1.84. The lowest BCUT2D eigenvalue weighted by Crippen LogP contribution is -2.05. The van der Waals surface area contributed by atoms with Crippen LogP contribution in [0.25, 0.3) is 5.57 Å². The Hall–Kier alpha value is -1.34. The summed E-state index contributed by atoms with van der Waals surface area (Å²) >= 11 is 0. The molecule has 2 atom stereocenters. The molecule has 0 amide bonds. The molecule has 1 aromatic rings. The van der Waals surface area contributed by atoms with E-state index in [1.165, 1.54) is 47.1 Å². The van der Waals surface area contributed by atoms with E-state index in [1.54, 1.807) is 5.56 Å². The third kappa shape index (κ3) is 1.88. The molecule has 2 unspecified atom stereocenters. The summed E-state index contributed by atoms with van der Waals surface area (Å²) in [4.78, 5) is 0. The number of allylic oxidation sites excluding steroid dienone is 3. The van der Waals surface area contributed by atoms with Crippen molar-refractivity contribution in [2.45, 2.75) is 45.6 Å². The van der Waals surface area contributed by atoms with E-state index >= 15 is 0 Å². The standard InChI is InChI=1S/C19H24O/c1-5-13(6-2)18-15-9-7-8-14(15)11-17-16(18)10-12(3)19(17)20-4/h5-6,11-12,19H,1,7-10H2,2-4H3/b13-6+. The molecule has 106 valence electrons. The Kier molecular flexibility index (Phi) is 3.55. The smallest absolute Gasteiger partial charge is 0.0852 e. The lowest BCUT2D eigenvalue weighted by Gasteiger charge is -2.18. The lowest BCUT2D eigenvalue weighted by atomic mass is 9.89. The van der Waals surface area contributed by atoms with E-state index in [4.69, 9.17) is 4.74 Å². The molecular weight excluding hydrogens is 244 g/mol. The highest BCUT2D eigenvalue weighted by Crippen LogP contribution is 2.45. The van der Waals surface area contributed by atoms with Gasteiger partial charge in [-0.05, 0) is 71.9 Å². The van der Waals surface area contributed by atoms with Gasteiger partial charge in [-0.2, -0.15) is 0 Å². The van der Waals surface area contributed by atoms with Gasteiger partial charge >= 0.3 is 0 Å². The van der Waals surface area contributed by atoms with Gasteiger partial charge in [0.2, 0.25) is 0 Å². The number of hydrogen-bond acceptors (Lipinski definition) is 1. The molecule has 20 heavy (non-hydrogen) atoms. The van der Waals surface area contributed by atoms with Crippen LogP contribution in [-0.2, 0) is 24.0 Å². The van der Waals surface area contributed by atoms with Crippen molar-refractivity contribution in [2.75, 3.05) is 7.11 Å². The molecule has 3 rings (SSSR count). The summed E-state index contributed by atoms with van der Waals surface area (Å²) in [6.45, 7) is 8.43. The Morgan fingerprint density at radius 2 is 2.15 bits per heavy atom. The first-order valence-corrected chi connectivity index (χ1v) is 7.70. The van der Waals surface area contributed by atoms with Gasteiger partial charge in [0, 0.05) is 7.11 Å². The summed E-state index contributed by atoms with van der Waals surface area (Å²) < 4.78 is 5.77. The van der Waals surface area contributed by atoms with Crippen LogP contribution in [0.3, 0.4) is 0 Å². The van der Waals surface area contributed by atoms with E-state index in [1.807, 2.05) is 13.2 Å². The van der Waals surface area contributed by atoms with E-state index in [0.29, 0.717) is 5.92 Å². The highest BCUT2D eigenvalue weighted by atomic mass is 16.5. The van der Waals surface area contributed by atoms with Gasteiger partial charge in [-0.15, -0.1) is 0 Å². The van der Waals surface area contributed by atoms with Gasteiger partial charge < -0.3 is 4.74 Å². The van der Waals surface area contributed by atoms with Gasteiger partial charge in [-0.25, -0.2) is 0 Å². The fourth-order valence-electron chi connectivity index (χ4n) is 4.09. The number of ether oxygens (including phenoxy) is 1. The summed E-state index contributed by atoms with van der Waals surface area (Å²) in [5.41, 5.74) is 8.81.